The fraction of sp³-hybridized carbons (Fsp3) is 0.143. The zero-order chi connectivity index (χ0) is 15.6. The molecule has 112 valence electrons. The average Bonchev–Trinajstić information content (AvgIpc) is 2.37. The standard InChI is InChI=1S/C14H14BrFN2O2S/c1-9(13-6-5-10(16)7-14(13)15)18-11-3-2-4-12(8-11)21(17,19)20/h2-9,18H,1H3,(H2,17,19,20). The van der Waals surface area contributed by atoms with E-state index in [-0.39, 0.29) is 16.8 Å². The van der Waals surface area contributed by atoms with E-state index in [0.717, 1.165) is 5.56 Å². The van der Waals surface area contributed by atoms with E-state index in [1.807, 2.05) is 6.92 Å². The van der Waals surface area contributed by atoms with Crippen LogP contribution in [0.5, 0.6) is 0 Å². The first kappa shape index (κ1) is 15.9. The van der Waals surface area contributed by atoms with Gasteiger partial charge in [0.05, 0.1) is 4.90 Å². The molecule has 21 heavy (non-hydrogen) atoms. The molecule has 2 aromatic rings. The summed E-state index contributed by atoms with van der Waals surface area (Å²) in [6.45, 7) is 1.89. The third-order valence-electron chi connectivity index (χ3n) is 2.97. The number of rotatable bonds is 4. The molecule has 0 heterocycles. The molecule has 0 bridgehead atoms. The second-order valence-corrected chi connectivity index (χ2v) is 7.02. The van der Waals surface area contributed by atoms with Crippen molar-refractivity contribution in [3.63, 3.8) is 0 Å². The van der Waals surface area contributed by atoms with Gasteiger partial charge in [-0.1, -0.05) is 28.1 Å². The maximum Gasteiger partial charge on any atom is 0.238 e. The Morgan fingerprint density at radius 3 is 2.57 bits per heavy atom. The fourth-order valence-corrected chi connectivity index (χ4v) is 3.20. The number of hydrogen-bond donors (Lipinski definition) is 2. The molecule has 2 aromatic carbocycles. The fourth-order valence-electron chi connectivity index (χ4n) is 1.94. The lowest BCUT2D eigenvalue weighted by Crippen LogP contribution is -2.13. The van der Waals surface area contributed by atoms with Crippen molar-refractivity contribution in [2.75, 3.05) is 5.32 Å². The van der Waals surface area contributed by atoms with Gasteiger partial charge < -0.3 is 5.32 Å². The molecule has 0 aliphatic heterocycles. The summed E-state index contributed by atoms with van der Waals surface area (Å²) in [5, 5.41) is 8.26. The Balaban J connectivity index is 2.25. The first-order valence-corrected chi connectivity index (χ1v) is 8.45. The highest BCUT2D eigenvalue weighted by Gasteiger charge is 2.12. The van der Waals surface area contributed by atoms with E-state index in [2.05, 4.69) is 21.2 Å². The maximum atomic E-state index is 13.1. The summed E-state index contributed by atoms with van der Waals surface area (Å²) in [6.07, 6.45) is 0. The van der Waals surface area contributed by atoms with Crippen LogP contribution in [0.25, 0.3) is 0 Å². The Labute approximate surface area is 131 Å². The van der Waals surface area contributed by atoms with Crippen LogP contribution in [0.2, 0.25) is 0 Å². The van der Waals surface area contributed by atoms with Gasteiger partial charge in [0.1, 0.15) is 5.82 Å². The Morgan fingerprint density at radius 2 is 1.95 bits per heavy atom. The quantitative estimate of drug-likeness (QED) is 0.863. The molecule has 0 saturated heterocycles. The molecule has 0 aliphatic carbocycles. The summed E-state index contributed by atoms with van der Waals surface area (Å²) in [7, 11) is -3.74. The van der Waals surface area contributed by atoms with Crippen LogP contribution < -0.4 is 10.5 Å². The summed E-state index contributed by atoms with van der Waals surface area (Å²) < 4.78 is 36.4. The summed E-state index contributed by atoms with van der Waals surface area (Å²) in [5.41, 5.74) is 1.47. The molecule has 0 amide bonds. The van der Waals surface area contributed by atoms with E-state index in [0.29, 0.717) is 10.2 Å². The van der Waals surface area contributed by atoms with Gasteiger partial charge in [-0.15, -0.1) is 0 Å². The van der Waals surface area contributed by atoms with Crippen LogP contribution in [-0.4, -0.2) is 8.42 Å². The SMILES string of the molecule is CC(Nc1cccc(S(N)(=O)=O)c1)c1ccc(F)cc1Br. The van der Waals surface area contributed by atoms with Crippen LogP contribution in [-0.2, 0) is 10.0 Å². The van der Waals surface area contributed by atoms with Crippen molar-refractivity contribution in [1.82, 2.24) is 0 Å². The molecule has 4 nitrogen and oxygen atoms in total. The van der Waals surface area contributed by atoms with Gasteiger partial charge in [0.2, 0.25) is 10.0 Å². The highest BCUT2D eigenvalue weighted by Crippen LogP contribution is 2.27. The van der Waals surface area contributed by atoms with Crippen molar-refractivity contribution in [1.29, 1.82) is 0 Å². The Morgan fingerprint density at radius 1 is 1.24 bits per heavy atom. The van der Waals surface area contributed by atoms with Crippen molar-refractivity contribution >= 4 is 31.6 Å². The third kappa shape index (κ3) is 4.03. The number of nitrogens with two attached hydrogens (primary N) is 1. The summed E-state index contributed by atoms with van der Waals surface area (Å²) in [5.74, 6) is -0.325. The molecule has 7 heteroatoms. The predicted octanol–water partition coefficient (Wildman–Crippen LogP) is 3.41. The third-order valence-corrected chi connectivity index (χ3v) is 4.57. The van der Waals surface area contributed by atoms with Crippen molar-refractivity contribution in [2.45, 2.75) is 17.9 Å². The Hall–Kier alpha value is -1.44. The molecule has 0 aromatic heterocycles. The number of hydrogen-bond acceptors (Lipinski definition) is 3. The first-order chi connectivity index (χ1) is 9.77. The van der Waals surface area contributed by atoms with E-state index >= 15 is 0 Å². The molecule has 0 aliphatic rings. The van der Waals surface area contributed by atoms with E-state index in [1.54, 1.807) is 18.2 Å². The van der Waals surface area contributed by atoms with Crippen molar-refractivity contribution < 1.29 is 12.8 Å². The minimum Gasteiger partial charge on any atom is -0.378 e. The van der Waals surface area contributed by atoms with Crippen LogP contribution in [0, 0.1) is 5.82 Å². The Bertz CT molecular complexity index is 765. The Kier molecular flexibility index (Phi) is 4.65. The average molecular weight is 373 g/mol. The summed E-state index contributed by atoms with van der Waals surface area (Å²) in [6, 6.07) is 10.5. The minimum atomic E-state index is -3.74. The number of sulfonamides is 1. The van der Waals surface area contributed by atoms with Crippen molar-refractivity contribution in [2.24, 2.45) is 5.14 Å². The minimum absolute atomic E-state index is 0.0397. The molecule has 0 radical (unpaired) electrons. The second-order valence-electron chi connectivity index (χ2n) is 4.60. The molecule has 0 saturated carbocycles. The van der Waals surface area contributed by atoms with Gasteiger partial charge in [0.15, 0.2) is 0 Å². The largest absolute Gasteiger partial charge is 0.378 e. The van der Waals surface area contributed by atoms with Gasteiger partial charge in [-0.25, -0.2) is 17.9 Å². The lowest BCUT2D eigenvalue weighted by Gasteiger charge is -2.17. The smallest absolute Gasteiger partial charge is 0.238 e. The zero-order valence-electron chi connectivity index (χ0n) is 11.2. The van der Waals surface area contributed by atoms with Crippen LogP contribution in [0.15, 0.2) is 51.8 Å². The van der Waals surface area contributed by atoms with Crippen LogP contribution in [0.3, 0.4) is 0 Å². The van der Waals surface area contributed by atoms with E-state index in [1.165, 1.54) is 24.3 Å². The van der Waals surface area contributed by atoms with E-state index in [9.17, 15) is 12.8 Å². The first-order valence-electron chi connectivity index (χ1n) is 6.12. The van der Waals surface area contributed by atoms with Crippen molar-refractivity contribution in [3.05, 3.63) is 58.3 Å². The van der Waals surface area contributed by atoms with Gasteiger partial charge in [-0.2, -0.15) is 0 Å². The molecule has 2 rings (SSSR count). The topological polar surface area (TPSA) is 72.2 Å². The van der Waals surface area contributed by atoms with Gasteiger partial charge in [-0.3, -0.25) is 0 Å². The molecular weight excluding hydrogens is 359 g/mol. The van der Waals surface area contributed by atoms with E-state index < -0.39 is 10.0 Å². The summed E-state index contributed by atoms with van der Waals surface area (Å²) >= 11 is 3.31. The number of primary sulfonamides is 1. The maximum absolute atomic E-state index is 13.1. The number of benzene rings is 2. The highest BCUT2D eigenvalue weighted by atomic mass is 79.9. The number of halogens is 2. The molecular formula is C14H14BrFN2O2S. The number of anilines is 1. The van der Waals surface area contributed by atoms with Crippen molar-refractivity contribution in [3.8, 4) is 0 Å². The molecule has 1 atom stereocenters. The number of nitrogens with one attached hydrogen (secondary N) is 1. The molecule has 0 spiro atoms. The molecule has 1 unspecified atom stereocenters. The van der Waals surface area contributed by atoms with Gasteiger partial charge in [0, 0.05) is 16.2 Å². The monoisotopic (exact) mass is 372 g/mol. The lowest BCUT2D eigenvalue weighted by molar-refractivity contribution is 0.597. The predicted molar refractivity (Wildman–Crippen MR) is 84.0 cm³/mol. The highest BCUT2D eigenvalue weighted by molar-refractivity contribution is 9.10. The second kappa shape index (κ2) is 6.13. The molecule has 0 fully saturated rings. The lowest BCUT2D eigenvalue weighted by atomic mass is 10.1. The van der Waals surface area contributed by atoms with Crippen LogP contribution in [0.1, 0.15) is 18.5 Å². The van der Waals surface area contributed by atoms with Crippen LogP contribution in [0.4, 0.5) is 10.1 Å². The molecule has 3 N–H and O–H groups in total. The van der Waals surface area contributed by atoms with E-state index in [4.69, 9.17) is 5.14 Å². The normalized spacial score (nSPS) is 13.0. The zero-order valence-corrected chi connectivity index (χ0v) is 13.6. The van der Waals surface area contributed by atoms with Gasteiger partial charge in [0.25, 0.3) is 0 Å². The van der Waals surface area contributed by atoms with Gasteiger partial charge in [-0.05, 0) is 42.8 Å². The van der Waals surface area contributed by atoms with Gasteiger partial charge >= 0.3 is 0 Å². The van der Waals surface area contributed by atoms with Crippen LogP contribution >= 0.6 is 15.9 Å². The summed E-state index contributed by atoms with van der Waals surface area (Å²) in [4.78, 5) is 0.0397.